The van der Waals surface area contributed by atoms with E-state index in [0.29, 0.717) is 6.54 Å². The van der Waals surface area contributed by atoms with Gasteiger partial charge in [-0.3, -0.25) is 9.98 Å². The van der Waals surface area contributed by atoms with Crippen LogP contribution in [0.3, 0.4) is 0 Å². The van der Waals surface area contributed by atoms with Gasteiger partial charge < -0.3 is 25.0 Å². The smallest absolute Gasteiger partial charge is 0.191 e. The number of methoxy groups -OCH3 is 2. The number of ether oxygens (including phenoxy) is 2. The number of aromatic nitrogens is 1. The SMILES string of the molecule is CCNC(=NCC(c1ccc(OC)c(OC)c1)N(C)C)NCCc1ccccn1.I. The molecule has 2 aromatic rings. The number of rotatable bonds is 10. The zero-order valence-corrected chi connectivity index (χ0v) is 20.8. The lowest BCUT2D eigenvalue weighted by atomic mass is 10.1. The number of halogens is 1. The molecule has 1 aromatic heterocycles. The van der Waals surface area contributed by atoms with Crippen molar-refractivity contribution in [2.75, 3.05) is 47.9 Å². The third-order valence-electron chi connectivity index (χ3n) is 4.58. The zero-order valence-electron chi connectivity index (χ0n) is 18.5. The third kappa shape index (κ3) is 7.98. The summed E-state index contributed by atoms with van der Waals surface area (Å²) in [6, 6.07) is 12.1. The van der Waals surface area contributed by atoms with Crippen molar-refractivity contribution in [3.63, 3.8) is 0 Å². The molecular weight excluding hydrogens is 493 g/mol. The second kappa shape index (κ2) is 14.0. The number of hydrogen-bond acceptors (Lipinski definition) is 5. The van der Waals surface area contributed by atoms with Gasteiger partial charge in [-0.2, -0.15) is 0 Å². The Balaban J connectivity index is 0.00000450. The molecule has 0 amide bonds. The fourth-order valence-corrected chi connectivity index (χ4v) is 3.00. The Morgan fingerprint density at radius 3 is 2.47 bits per heavy atom. The summed E-state index contributed by atoms with van der Waals surface area (Å²) in [6.07, 6.45) is 2.66. The molecule has 0 bridgehead atoms. The zero-order chi connectivity index (χ0) is 21.1. The predicted molar refractivity (Wildman–Crippen MR) is 133 cm³/mol. The van der Waals surface area contributed by atoms with Crippen LogP contribution in [-0.2, 0) is 6.42 Å². The molecule has 0 fully saturated rings. The van der Waals surface area contributed by atoms with Crippen molar-refractivity contribution in [1.29, 1.82) is 0 Å². The average molecular weight is 527 g/mol. The molecule has 30 heavy (non-hydrogen) atoms. The largest absolute Gasteiger partial charge is 0.493 e. The number of benzene rings is 1. The topological polar surface area (TPSA) is 71.0 Å². The molecule has 8 heteroatoms. The van der Waals surface area contributed by atoms with Crippen LogP contribution in [0.4, 0.5) is 0 Å². The highest BCUT2D eigenvalue weighted by atomic mass is 127. The number of aliphatic imine (C=N–C) groups is 1. The summed E-state index contributed by atoms with van der Waals surface area (Å²) in [7, 11) is 7.40. The van der Waals surface area contributed by atoms with Gasteiger partial charge in [-0.1, -0.05) is 12.1 Å². The molecule has 1 atom stereocenters. The first-order chi connectivity index (χ1) is 14.1. The lowest BCUT2D eigenvalue weighted by Crippen LogP contribution is -2.39. The molecule has 0 saturated heterocycles. The summed E-state index contributed by atoms with van der Waals surface area (Å²) in [4.78, 5) is 11.3. The Morgan fingerprint density at radius 2 is 1.87 bits per heavy atom. The van der Waals surface area contributed by atoms with Crippen LogP contribution in [0.25, 0.3) is 0 Å². The van der Waals surface area contributed by atoms with Crippen LogP contribution >= 0.6 is 24.0 Å². The number of nitrogens with zero attached hydrogens (tertiary/aromatic N) is 3. The summed E-state index contributed by atoms with van der Waals surface area (Å²) < 4.78 is 10.8. The van der Waals surface area contributed by atoms with Crippen LogP contribution < -0.4 is 20.1 Å². The number of likely N-dealkylation sites (N-methyl/N-ethyl adjacent to an activating group) is 1. The van der Waals surface area contributed by atoms with Crippen molar-refractivity contribution < 1.29 is 9.47 Å². The van der Waals surface area contributed by atoms with Gasteiger partial charge in [-0.05, 0) is 50.8 Å². The van der Waals surface area contributed by atoms with Crippen molar-refractivity contribution in [2.24, 2.45) is 4.99 Å². The molecule has 0 saturated carbocycles. The summed E-state index contributed by atoms with van der Waals surface area (Å²) in [6.45, 7) is 4.25. The number of nitrogens with one attached hydrogen (secondary N) is 2. The van der Waals surface area contributed by atoms with Crippen molar-refractivity contribution in [3.05, 3.63) is 53.9 Å². The minimum atomic E-state index is 0. The third-order valence-corrected chi connectivity index (χ3v) is 4.58. The van der Waals surface area contributed by atoms with Crippen LogP contribution in [0.5, 0.6) is 11.5 Å². The number of hydrogen-bond donors (Lipinski definition) is 2. The molecule has 1 heterocycles. The standard InChI is InChI=1S/C22H33N5O2.HI/c1-6-23-22(25-14-12-18-9-7-8-13-24-18)26-16-19(27(2)3)17-10-11-20(28-4)21(15-17)29-5;/h7-11,13,15,19H,6,12,14,16H2,1-5H3,(H2,23,25,26);1H. The molecule has 7 nitrogen and oxygen atoms in total. The van der Waals surface area contributed by atoms with Crippen molar-refractivity contribution in [1.82, 2.24) is 20.5 Å². The van der Waals surface area contributed by atoms with Gasteiger partial charge in [0.05, 0.1) is 26.8 Å². The molecule has 0 spiro atoms. The van der Waals surface area contributed by atoms with Crippen LogP contribution in [0, 0.1) is 0 Å². The minimum Gasteiger partial charge on any atom is -0.493 e. The maximum absolute atomic E-state index is 5.46. The Hall–Kier alpha value is -2.07. The molecular formula is C22H34IN5O2. The van der Waals surface area contributed by atoms with E-state index < -0.39 is 0 Å². The van der Waals surface area contributed by atoms with Gasteiger partial charge in [0, 0.05) is 31.4 Å². The molecule has 1 unspecified atom stereocenters. The molecule has 166 valence electrons. The molecule has 0 aliphatic heterocycles. The van der Waals surface area contributed by atoms with E-state index in [1.54, 1.807) is 14.2 Å². The van der Waals surface area contributed by atoms with Crippen LogP contribution in [0.1, 0.15) is 24.2 Å². The second-order valence-electron chi connectivity index (χ2n) is 6.81. The number of pyridine rings is 1. The summed E-state index contributed by atoms with van der Waals surface area (Å²) in [5, 5.41) is 6.70. The quantitative estimate of drug-likeness (QED) is 0.281. The van der Waals surface area contributed by atoms with Gasteiger partial charge in [-0.25, -0.2) is 0 Å². The van der Waals surface area contributed by atoms with Crippen LogP contribution in [0.2, 0.25) is 0 Å². The Morgan fingerprint density at radius 1 is 1.10 bits per heavy atom. The first kappa shape index (κ1) is 26.0. The van der Waals surface area contributed by atoms with E-state index in [9.17, 15) is 0 Å². The molecule has 1 aromatic carbocycles. The fraction of sp³-hybridized carbons (Fsp3) is 0.455. The molecule has 0 aliphatic carbocycles. The van der Waals surface area contributed by atoms with Crippen molar-refractivity contribution >= 4 is 29.9 Å². The highest BCUT2D eigenvalue weighted by molar-refractivity contribution is 14.0. The van der Waals surface area contributed by atoms with Crippen LogP contribution in [0.15, 0.2) is 47.6 Å². The molecule has 0 radical (unpaired) electrons. The van der Waals surface area contributed by atoms with E-state index in [4.69, 9.17) is 14.5 Å². The van der Waals surface area contributed by atoms with E-state index in [-0.39, 0.29) is 30.0 Å². The fourth-order valence-electron chi connectivity index (χ4n) is 3.00. The summed E-state index contributed by atoms with van der Waals surface area (Å²) in [5.41, 5.74) is 2.19. The molecule has 2 N–H and O–H groups in total. The van der Waals surface area contributed by atoms with Gasteiger partial charge >= 0.3 is 0 Å². The van der Waals surface area contributed by atoms with Gasteiger partial charge in [0.1, 0.15) is 0 Å². The van der Waals surface area contributed by atoms with Gasteiger partial charge in [0.15, 0.2) is 17.5 Å². The van der Waals surface area contributed by atoms with Crippen LogP contribution in [-0.4, -0.2) is 63.8 Å². The second-order valence-corrected chi connectivity index (χ2v) is 6.81. The first-order valence-corrected chi connectivity index (χ1v) is 9.89. The van der Waals surface area contributed by atoms with E-state index in [0.717, 1.165) is 48.2 Å². The Kier molecular flexibility index (Phi) is 12.1. The molecule has 0 aliphatic rings. The minimum absolute atomic E-state index is 0. The van der Waals surface area contributed by atoms with Crippen molar-refractivity contribution in [2.45, 2.75) is 19.4 Å². The monoisotopic (exact) mass is 527 g/mol. The predicted octanol–water partition coefficient (Wildman–Crippen LogP) is 3.12. The summed E-state index contributed by atoms with van der Waals surface area (Å²) in [5.74, 6) is 2.25. The van der Waals surface area contributed by atoms with Gasteiger partial charge in [0.2, 0.25) is 0 Å². The number of guanidine groups is 1. The highest BCUT2D eigenvalue weighted by Gasteiger charge is 2.16. The lowest BCUT2D eigenvalue weighted by Gasteiger charge is -2.24. The Labute approximate surface area is 197 Å². The van der Waals surface area contributed by atoms with E-state index >= 15 is 0 Å². The average Bonchev–Trinajstić information content (AvgIpc) is 2.74. The summed E-state index contributed by atoms with van der Waals surface area (Å²) >= 11 is 0. The Bertz CT molecular complexity index is 771. The van der Waals surface area contributed by atoms with E-state index in [2.05, 4.69) is 47.6 Å². The van der Waals surface area contributed by atoms with Gasteiger partial charge in [-0.15, -0.1) is 24.0 Å². The molecule has 2 rings (SSSR count). The van der Waals surface area contributed by atoms with Crippen molar-refractivity contribution in [3.8, 4) is 11.5 Å². The van der Waals surface area contributed by atoms with E-state index in [1.165, 1.54) is 0 Å². The van der Waals surface area contributed by atoms with E-state index in [1.807, 2.05) is 36.5 Å². The lowest BCUT2D eigenvalue weighted by molar-refractivity contribution is 0.303. The normalized spacial score (nSPS) is 12.1. The van der Waals surface area contributed by atoms with Gasteiger partial charge in [0.25, 0.3) is 0 Å². The maximum atomic E-state index is 5.46. The maximum Gasteiger partial charge on any atom is 0.191 e. The first-order valence-electron chi connectivity index (χ1n) is 9.89. The highest BCUT2D eigenvalue weighted by Crippen LogP contribution is 2.31.